The second-order valence-electron chi connectivity index (χ2n) is 2.99. The van der Waals surface area contributed by atoms with E-state index in [4.69, 9.17) is 0 Å². The van der Waals surface area contributed by atoms with Gasteiger partial charge in [0.05, 0.1) is 24.5 Å². The van der Waals surface area contributed by atoms with Crippen molar-refractivity contribution in [3.63, 3.8) is 0 Å². The van der Waals surface area contributed by atoms with Gasteiger partial charge in [0.25, 0.3) is 5.91 Å². The van der Waals surface area contributed by atoms with Crippen LogP contribution in [0.3, 0.4) is 0 Å². The highest BCUT2D eigenvalue weighted by Crippen LogP contribution is 2.03. The predicted octanol–water partition coefficient (Wildman–Crippen LogP) is 0.533. The number of imidazole rings is 1. The van der Waals surface area contributed by atoms with Crippen molar-refractivity contribution >= 4 is 17.6 Å². The molecule has 0 atom stereocenters. The highest BCUT2D eigenvalue weighted by Gasteiger charge is 2.15. The molecule has 6 nitrogen and oxygen atoms in total. The standard InChI is InChI=1S/C8H9N5OS/c1-13(5-7-9-2-3-10-7)8(14)6-4-11-15-12-6/h2-4H,5H2,1H3,(H,9,10). The van der Waals surface area contributed by atoms with E-state index in [1.54, 1.807) is 19.4 Å². The van der Waals surface area contributed by atoms with E-state index in [-0.39, 0.29) is 5.91 Å². The zero-order valence-electron chi connectivity index (χ0n) is 8.04. The lowest BCUT2D eigenvalue weighted by atomic mass is 10.4. The smallest absolute Gasteiger partial charge is 0.275 e. The van der Waals surface area contributed by atoms with E-state index in [9.17, 15) is 4.79 Å². The molecule has 1 amide bonds. The van der Waals surface area contributed by atoms with Crippen LogP contribution in [-0.2, 0) is 6.54 Å². The Kier molecular flexibility index (Phi) is 2.72. The molecule has 0 aliphatic rings. The first-order valence-electron chi connectivity index (χ1n) is 4.28. The Labute approximate surface area is 90.3 Å². The summed E-state index contributed by atoms with van der Waals surface area (Å²) in [7, 11) is 1.70. The van der Waals surface area contributed by atoms with Crippen molar-refractivity contribution in [3.05, 3.63) is 30.1 Å². The zero-order chi connectivity index (χ0) is 10.7. The molecule has 0 fully saturated rings. The summed E-state index contributed by atoms with van der Waals surface area (Å²) < 4.78 is 7.66. The van der Waals surface area contributed by atoms with Crippen LogP contribution in [0.4, 0.5) is 0 Å². The van der Waals surface area contributed by atoms with Gasteiger partial charge >= 0.3 is 0 Å². The fourth-order valence-corrected chi connectivity index (χ4v) is 1.54. The lowest BCUT2D eigenvalue weighted by Crippen LogP contribution is -2.26. The number of hydrogen-bond donors (Lipinski definition) is 1. The average Bonchev–Trinajstić information content (AvgIpc) is 2.88. The molecule has 78 valence electrons. The second-order valence-corrected chi connectivity index (χ2v) is 3.55. The van der Waals surface area contributed by atoms with E-state index < -0.39 is 0 Å². The van der Waals surface area contributed by atoms with E-state index in [2.05, 4.69) is 18.7 Å². The third-order valence-electron chi connectivity index (χ3n) is 1.87. The van der Waals surface area contributed by atoms with Crippen molar-refractivity contribution in [2.24, 2.45) is 0 Å². The second kappa shape index (κ2) is 4.18. The average molecular weight is 223 g/mol. The molecule has 7 heteroatoms. The van der Waals surface area contributed by atoms with E-state index in [0.717, 1.165) is 17.6 Å². The molecule has 0 saturated heterocycles. The minimum Gasteiger partial charge on any atom is -0.347 e. The predicted molar refractivity (Wildman–Crippen MR) is 54.3 cm³/mol. The minimum atomic E-state index is -0.153. The molecule has 1 N–H and O–H groups in total. The molecule has 0 radical (unpaired) electrons. The summed E-state index contributed by atoms with van der Waals surface area (Å²) in [6.07, 6.45) is 4.84. The number of aromatic nitrogens is 4. The van der Waals surface area contributed by atoms with Crippen LogP contribution in [0.2, 0.25) is 0 Å². The molecule has 0 bridgehead atoms. The van der Waals surface area contributed by atoms with Crippen LogP contribution >= 0.6 is 11.7 Å². The van der Waals surface area contributed by atoms with E-state index in [0.29, 0.717) is 12.2 Å². The molecular weight excluding hydrogens is 214 g/mol. The minimum absolute atomic E-state index is 0.153. The third kappa shape index (κ3) is 2.18. The first kappa shape index (κ1) is 9.78. The van der Waals surface area contributed by atoms with Crippen LogP contribution in [0, 0.1) is 0 Å². The molecular formula is C8H9N5OS. The van der Waals surface area contributed by atoms with Crippen LogP contribution in [-0.4, -0.2) is 36.6 Å². The Morgan fingerprint density at radius 1 is 1.67 bits per heavy atom. The number of H-pyrrole nitrogens is 1. The fraction of sp³-hybridized carbons (Fsp3) is 0.250. The Hall–Kier alpha value is -1.76. The van der Waals surface area contributed by atoms with Gasteiger partial charge in [-0.2, -0.15) is 8.75 Å². The first-order valence-corrected chi connectivity index (χ1v) is 5.01. The molecule has 2 heterocycles. The summed E-state index contributed by atoms with van der Waals surface area (Å²) >= 11 is 1.02. The first-order chi connectivity index (χ1) is 7.27. The number of carbonyl (C=O) groups is 1. The van der Waals surface area contributed by atoms with Crippen LogP contribution in [0.15, 0.2) is 18.6 Å². The Morgan fingerprint density at radius 2 is 2.53 bits per heavy atom. The van der Waals surface area contributed by atoms with Crippen molar-refractivity contribution in [3.8, 4) is 0 Å². The molecule has 15 heavy (non-hydrogen) atoms. The fourth-order valence-electron chi connectivity index (χ4n) is 1.14. The Balaban J connectivity index is 2.03. The van der Waals surface area contributed by atoms with E-state index in [1.807, 2.05) is 0 Å². The van der Waals surface area contributed by atoms with Crippen molar-refractivity contribution in [2.75, 3.05) is 7.05 Å². The van der Waals surface area contributed by atoms with Gasteiger partial charge in [0, 0.05) is 19.4 Å². The van der Waals surface area contributed by atoms with Gasteiger partial charge in [-0.15, -0.1) is 0 Å². The summed E-state index contributed by atoms with van der Waals surface area (Å²) in [5.74, 6) is 0.592. The monoisotopic (exact) mass is 223 g/mol. The number of nitrogens with one attached hydrogen (secondary N) is 1. The summed E-state index contributed by atoms with van der Waals surface area (Å²) in [6.45, 7) is 0.434. The van der Waals surface area contributed by atoms with Crippen LogP contribution < -0.4 is 0 Å². The van der Waals surface area contributed by atoms with Gasteiger partial charge in [-0.3, -0.25) is 4.79 Å². The Morgan fingerprint density at radius 3 is 3.13 bits per heavy atom. The van der Waals surface area contributed by atoms with Crippen LogP contribution in [0.1, 0.15) is 16.3 Å². The number of amides is 1. The van der Waals surface area contributed by atoms with E-state index in [1.165, 1.54) is 11.1 Å². The van der Waals surface area contributed by atoms with Crippen molar-refractivity contribution in [1.82, 2.24) is 23.6 Å². The summed E-state index contributed by atoms with van der Waals surface area (Å²) in [5, 5.41) is 0. The van der Waals surface area contributed by atoms with E-state index >= 15 is 0 Å². The topological polar surface area (TPSA) is 74.8 Å². The molecule has 0 aliphatic carbocycles. The summed E-state index contributed by atoms with van der Waals surface area (Å²) in [4.78, 5) is 20.2. The molecule has 2 aromatic heterocycles. The molecule has 2 aromatic rings. The lowest BCUT2D eigenvalue weighted by molar-refractivity contribution is 0.0777. The maximum Gasteiger partial charge on any atom is 0.275 e. The van der Waals surface area contributed by atoms with Crippen molar-refractivity contribution < 1.29 is 4.79 Å². The zero-order valence-corrected chi connectivity index (χ0v) is 8.86. The number of hydrogen-bond acceptors (Lipinski definition) is 5. The maximum absolute atomic E-state index is 11.7. The highest BCUT2D eigenvalue weighted by molar-refractivity contribution is 6.99. The molecule has 2 rings (SSSR count). The lowest BCUT2D eigenvalue weighted by Gasteiger charge is -2.13. The molecule has 0 aromatic carbocycles. The molecule has 0 aliphatic heterocycles. The quantitative estimate of drug-likeness (QED) is 0.823. The highest BCUT2D eigenvalue weighted by atomic mass is 32.1. The van der Waals surface area contributed by atoms with Crippen LogP contribution in [0.25, 0.3) is 0 Å². The molecule has 0 saturated carbocycles. The third-order valence-corrected chi connectivity index (χ3v) is 2.35. The van der Waals surface area contributed by atoms with Gasteiger partial charge in [-0.1, -0.05) is 0 Å². The van der Waals surface area contributed by atoms with Crippen molar-refractivity contribution in [1.29, 1.82) is 0 Å². The number of carbonyl (C=O) groups excluding carboxylic acids is 1. The summed E-state index contributed by atoms with van der Waals surface area (Å²) in [6, 6.07) is 0. The molecule has 0 unspecified atom stereocenters. The van der Waals surface area contributed by atoms with Gasteiger partial charge in [0.2, 0.25) is 0 Å². The van der Waals surface area contributed by atoms with Crippen LogP contribution in [0.5, 0.6) is 0 Å². The van der Waals surface area contributed by atoms with Crippen molar-refractivity contribution in [2.45, 2.75) is 6.54 Å². The number of aromatic amines is 1. The largest absolute Gasteiger partial charge is 0.347 e. The van der Waals surface area contributed by atoms with Gasteiger partial charge in [0.1, 0.15) is 5.82 Å². The van der Waals surface area contributed by atoms with Gasteiger partial charge in [0.15, 0.2) is 5.69 Å². The Bertz CT molecular complexity index is 424. The van der Waals surface area contributed by atoms with Gasteiger partial charge < -0.3 is 9.88 Å². The van der Waals surface area contributed by atoms with Gasteiger partial charge in [-0.25, -0.2) is 4.98 Å². The maximum atomic E-state index is 11.7. The summed E-state index contributed by atoms with van der Waals surface area (Å²) in [5.41, 5.74) is 0.369. The number of nitrogens with zero attached hydrogens (tertiary/aromatic N) is 4. The number of rotatable bonds is 3. The SMILES string of the molecule is CN(Cc1ncc[nH]1)C(=O)c1cnsn1. The van der Waals surface area contributed by atoms with Gasteiger partial charge in [-0.05, 0) is 0 Å². The molecule has 0 spiro atoms. The normalized spacial score (nSPS) is 10.2.